The summed E-state index contributed by atoms with van der Waals surface area (Å²) in [6, 6.07) is 8.58. The monoisotopic (exact) mass is 523 g/mol. The normalized spacial score (nSPS) is 23.1. The molecule has 0 aliphatic carbocycles. The quantitative estimate of drug-likeness (QED) is 0.340. The van der Waals surface area contributed by atoms with Gasteiger partial charge >= 0.3 is 6.03 Å². The zero-order valence-electron chi connectivity index (χ0n) is 21.4. The second-order valence-corrected chi connectivity index (χ2v) is 9.85. The predicted molar refractivity (Wildman–Crippen MR) is 136 cm³/mol. The van der Waals surface area contributed by atoms with E-state index in [0.717, 1.165) is 16.2 Å². The highest BCUT2D eigenvalue weighted by atomic mass is 16.6. The van der Waals surface area contributed by atoms with Crippen LogP contribution < -0.4 is 19.7 Å². The third-order valence-corrected chi connectivity index (χ3v) is 7.77. The van der Waals surface area contributed by atoms with Gasteiger partial charge < -0.3 is 19.3 Å². The summed E-state index contributed by atoms with van der Waals surface area (Å²) in [6.45, 7) is 1.70. The molecule has 2 fully saturated rings. The number of fused-ring (bicyclic) bond motifs is 4. The number of anilines is 1. The van der Waals surface area contributed by atoms with Crippen LogP contribution in [0.25, 0.3) is 0 Å². The molecule has 0 aromatic heterocycles. The Morgan fingerprint density at radius 1 is 1.08 bits per heavy atom. The molecule has 0 unspecified atom stereocenters. The molecule has 0 bridgehead atoms. The maximum Gasteiger partial charge on any atom is 0.330 e. The molecule has 1 N–H and O–H groups in total. The number of methoxy groups -OCH3 is 2. The minimum atomic E-state index is -1.61. The highest BCUT2D eigenvalue weighted by Gasteiger charge is 2.62. The number of nitrogens with one attached hydrogen (secondary N) is 1. The first-order chi connectivity index (χ1) is 18.2. The van der Waals surface area contributed by atoms with Gasteiger partial charge in [0.05, 0.1) is 25.2 Å². The number of nitro benzene ring substituents is 1. The van der Waals surface area contributed by atoms with E-state index in [0.29, 0.717) is 43.1 Å². The number of benzene rings is 2. The number of barbiturate groups is 1. The molecule has 12 heteroatoms. The fourth-order valence-corrected chi connectivity index (χ4v) is 5.79. The van der Waals surface area contributed by atoms with Crippen molar-refractivity contribution in [1.29, 1.82) is 0 Å². The molecule has 2 saturated heterocycles. The van der Waals surface area contributed by atoms with Crippen molar-refractivity contribution in [2.45, 2.75) is 18.9 Å². The molecule has 2 aromatic rings. The van der Waals surface area contributed by atoms with Crippen LogP contribution in [0.3, 0.4) is 0 Å². The first kappa shape index (κ1) is 25.5. The molecule has 200 valence electrons. The van der Waals surface area contributed by atoms with Gasteiger partial charge in [-0.25, -0.2) is 4.79 Å². The Morgan fingerprint density at radius 2 is 1.84 bits per heavy atom. The number of amides is 4. The van der Waals surface area contributed by atoms with Gasteiger partial charge in [0, 0.05) is 50.4 Å². The number of piperazine rings is 1. The summed E-state index contributed by atoms with van der Waals surface area (Å²) >= 11 is 0. The van der Waals surface area contributed by atoms with Crippen LogP contribution in [-0.2, 0) is 22.4 Å². The van der Waals surface area contributed by atoms with E-state index >= 15 is 0 Å². The fourth-order valence-electron chi connectivity index (χ4n) is 5.79. The van der Waals surface area contributed by atoms with E-state index in [1.54, 1.807) is 18.2 Å². The Bertz CT molecular complexity index is 1330. The van der Waals surface area contributed by atoms with Crippen molar-refractivity contribution in [2.75, 3.05) is 52.3 Å². The predicted octanol–water partition coefficient (Wildman–Crippen LogP) is 1.60. The number of likely N-dealkylation sites (N-methyl/N-ethyl adjacent to an activating group) is 1. The summed E-state index contributed by atoms with van der Waals surface area (Å²) in [5.74, 6) is -0.173. The molecular formula is C26H29N5O7. The van der Waals surface area contributed by atoms with Gasteiger partial charge in [-0.2, -0.15) is 0 Å². The SMILES string of the molecule is COc1ccc(CCN2C(=O)NC(=O)[C@@]3(Cc4cc([N+](=O)[O-])ccc4N4CCN(C)C[C@@H]43)C2=O)cc1OC. The van der Waals surface area contributed by atoms with Crippen LogP contribution in [0.4, 0.5) is 16.2 Å². The van der Waals surface area contributed by atoms with Gasteiger partial charge in [0.25, 0.3) is 5.69 Å². The van der Waals surface area contributed by atoms with Crippen molar-refractivity contribution in [1.82, 2.24) is 15.1 Å². The Kier molecular flexibility index (Phi) is 6.43. The van der Waals surface area contributed by atoms with Crippen LogP contribution in [0.15, 0.2) is 36.4 Å². The van der Waals surface area contributed by atoms with Crippen LogP contribution in [0, 0.1) is 15.5 Å². The zero-order valence-corrected chi connectivity index (χ0v) is 21.4. The molecule has 2 aromatic carbocycles. The van der Waals surface area contributed by atoms with Crippen molar-refractivity contribution in [3.8, 4) is 11.5 Å². The molecule has 3 aliphatic heterocycles. The number of imide groups is 2. The lowest BCUT2D eigenvalue weighted by molar-refractivity contribution is -0.384. The zero-order chi connectivity index (χ0) is 27.2. The van der Waals surface area contributed by atoms with Gasteiger partial charge in [-0.15, -0.1) is 0 Å². The highest BCUT2D eigenvalue weighted by molar-refractivity contribution is 6.20. The Labute approximate surface area is 219 Å². The average molecular weight is 524 g/mol. The topological polar surface area (TPSA) is 135 Å². The van der Waals surface area contributed by atoms with E-state index in [4.69, 9.17) is 9.47 Å². The maximum absolute atomic E-state index is 14.2. The highest BCUT2D eigenvalue weighted by Crippen LogP contribution is 2.46. The van der Waals surface area contributed by atoms with Crippen LogP contribution >= 0.6 is 0 Å². The number of carbonyl (C=O) groups is 3. The molecule has 3 aliphatic rings. The number of hydrogen-bond acceptors (Lipinski definition) is 9. The number of carbonyl (C=O) groups excluding carboxylic acids is 3. The van der Waals surface area contributed by atoms with E-state index in [-0.39, 0.29) is 18.7 Å². The standard InChI is InChI=1S/C26H29N5O7/c1-28-10-11-29-19-6-5-18(31(35)36)13-17(19)14-26(22(29)15-28)23(32)27-25(34)30(24(26)33)9-8-16-4-7-20(37-2)21(12-16)38-3/h4-7,12-13,22H,8-11,14-15H2,1-3H3,(H,27,32,34)/t22-,26+/m1/s1. The number of ether oxygens (including phenoxy) is 2. The summed E-state index contributed by atoms with van der Waals surface area (Å²) in [5, 5.41) is 13.9. The van der Waals surface area contributed by atoms with Crippen LogP contribution in [0.1, 0.15) is 11.1 Å². The molecule has 5 rings (SSSR count). The first-order valence-corrected chi connectivity index (χ1v) is 12.3. The maximum atomic E-state index is 14.2. The number of nitrogens with zero attached hydrogens (tertiary/aromatic N) is 4. The lowest BCUT2D eigenvalue weighted by Crippen LogP contribution is -2.75. The fraction of sp³-hybridized carbons (Fsp3) is 0.423. The average Bonchev–Trinajstić information content (AvgIpc) is 2.91. The molecule has 0 radical (unpaired) electrons. The number of non-ortho nitro benzene ring substituents is 1. The van der Waals surface area contributed by atoms with Crippen LogP contribution in [0.5, 0.6) is 11.5 Å². The summed E-state index contributed by atoms with van der Waals surface area (Å²) in [5.41, 5.74) is 0.406. The van der Waals surface area contributed by atoms with Gasteiger partial charge in [0.1, 0.15) is 0 Å². The molecule has 0 saturated carbocycles. The minimum absolute atomic E-state index is 0.0379. The summed E-state index contributed by atoms with van der Waals surface area (Å²) in [7, 11) is 4.98. The van der Waals surface area contributed by atoms with Crippen LogP contribution in [0.2, 0.25) is 0 Å². The third kappa shape index (κ3) is 4.01. The van der Waals surface area contributed by atoms with Gasteiger partial charge in [0.15, 0.2) is 16.9 Å². The molecule has 3 heterocycles. The molecule has 2 atom stereocenters. The second kappa shape index (κ2) is 9.60. The Hall–Kier alpha value is -4.19. The van der Waals surface area contributed by atoms with Crippen molar-refractivity contribution in [2.24, 2.45) is 5.41 Å². The molecule has 4 amide bonds. The van der Waals surface area contributed by atoms with Gasteiger partial charge in [0.2, 0.25) is 11.8 Å². The van der Waals surface area contributed by atoms with E-state index in [9.17, 15) is 24.5 Å². The van der Waals surface area contributed by atoms with Crippen molar-refractivity contribution in [3.63, 3.8) is 0 Å². The largest absolute Gasteiger partial charge is 0.493 e. The lowest BCUT2D eigenvalue weighted by Gasteiger charge is -2.55. The molecule has 1 spiro atoms. The molecular weight excluding hydrogens is 494 g/mol. The number of urea groups is 1. The lowest BCUT2D eigenvalue weighted by atomic mass is 9.67. The minimum Gasteiger partial charge on any atom is -0.493 e. The number of hydrogen-bond donors (Lipinski definition) is 1. The van der Waals surface area contributed by atoms with Gasteiger partial charge in [-0.05, 0) is 42.8 Å². The Balaban J connectivity index is 1.51. The van der Waals surface area contributed by atoms with Crippen molar-refractivity contribution < 1.29 is 28.8 Å². The van der Waals surface area contributed by atoms with Crippen molar-refractivity contribution in [3.05, 3.63) is 57.6 Å². The van der Waals surface area contributed by atoms with Crippen LogP contribution in [-0.4, -0.2) is 86.1 Å². The van der Waals surface area contributed by atoms with E-state index in [1.165, 1.54) is 26.4 Å². The van der Waals surface area contributed by atoms with Crippen molar-refractivity contribution >= 4 is 29.2 Å². The number of nitro groups is 1. The Morgan fingerprint density at radius 3 is 2.55 bits per heavy atom. The third-order valence-electron chi connectivity index (χ3n) is 7.77. The number of rotatable bonds is 6. The second-order valence-electron chi connectivity index (χ2n) is 9.85. The summed E-state index contributed by atoms with van der Waals surface area (Å²) in [6.07, 6.45) is 0.296. The van der Waals surface area contributed by atoms with Gasteiger partial charge in [-0.3, -0.25) is 29.9 Å². The summed E-state index contributed by atoms with van der Waals surface area (Å²) < 4.78 is 10.6. The van der Waals surface area contributed by atoms with E-state index in [1.807, 2.05) is 22.9 Å². The summed E-state index contributed by atoms with van der Waals surface area (Å²) in [4.78, 5) is 56.8. The van der Waals surface area contributed by atoms with E-state index < -0.39 is 34.2 Å². The molecule has 12 nitrogen and oxygen atoms in total. The van der Waals surface area contributed by atoms with E-state index in [2.05, 4.69) is 5.32 Å². The smallest absolute Gasteiger partial charge is 0.330 e. The molecule has 38 heavy (non-hydrogen) atoms. The van der Waals surface area contributed by atoms with Gasteiger partial charge in [-0.1, -0.05) is 6.07 Å². The first-order valence-electron chi connectivity index (χ1n) is 12.3.